The molecule has 0 aliphatic carbocycles. The minimum Gasteiger partial charge on any atom is -0.357 e. The summed E-state index contributed by atoms with van der Waals surface area (Å²) in [4.78, 5) is 19.1. The Morgan fingerprint density at radius 3 is 2.43 bits per heavy atom. The lowest BCUT2D eigenvalue weighted by Crippen LogP contribution is -2.36. The lowest BCUT2D eigenvalue weighted by Gasteiger charge is -2.32. The van der Waals surface area contributed by atoms with Crippen LogP contribution >= 0.6 is 15.9 Å². The molecule has 21 heavy (non-hydrogen) atoms. The van der Waals surface area contributed by atoms with E-state index in [0.29, 0.717) is 0 Å². The van der Waals surface area contributed by atoms with Gasteiger partial charge in [0.05, 0.1) is 0 Å². The number of hydrogen-bond donors (Lipinski definition) is 0. The number of ketones is 1. The Morgan fingerprint density at radius 2 is 1.81 bits per heavy atom. The number of pyridine rings is 1. The van der Waals surface area contributed by atoms with Crippen LogP contribution in [-0.4, -0.2) is 23.9 Å². The van der Waals surface area contributed by atoms with Crippen LogP contribution in [0.5, 0.6) is 0 Å². The van der Waals surface area contributed by atoms with Crippen LogP contribution in [0, 0.1) is 5.92 Å². The molecule has 0 bridgehead atoms. The van der Waals surface area contributed by atoms with Gasteiger partial charge in [0, 0.05) is 35.2 Å². The molecule has 1 aliphatic rings. The average Bonchev–Trinajstić information content (AvgIpc) is 2.56. The van der Waals surface area contributed by atoms with Gasteiger partial charge in [0.25, 0.3) is 0 Å². The van der Waals surface area contributed by atoms with E-state index in [1.807, 2.05) is 48.7 Å². The number of nitrogens with zero attached hydrogens (tertiary/aromatic N) is 2. The van der Waals surface area contributed by atoms with E-state index in [9.17, 15) is 4.79 Å². The largest absolute Gasteiger partial charge is 0.357 e. The number of piperidine rings is 1. The number of carbonyl (C=O) groups is 1. The van der Waals surface area contributed by atoms with Gasteiger partial charge in [-0.15, -0.1) is 0 Å². The summed E-state index contributed by atoms with van der Waals surface area (Å²) in [6.07, 6.45) is 3.60. The fourth-order valence-electron chi connectivity index (χ4n) is 2.76. The Kier molecular flexibility index (Phi) is 4.34. The number of anilines is 1. The van der Waals surface area contributed by atoms with Crippen LogP contribution in [0.1, 0.15) is 23.2 Å². The van der Waals surface area contributed by atoms with Crippen molar-refractivity contribution < 1.29 is 4.79 Å². The molecule has 4 heteroatoms. The Morgan fingerprint density at radius 1 is 1.10 bits per heavy atom. The van der Waals surface area contributed by atoms with Crippen molar-refractivity contribution in [3.63, 3.8) is 0 Å². The SMILES string of the molecule is O=C(c1ccc(Br)cc1)C1CCN(c2ccccn2)CC1. The fraction of sp³-hybridized carbons (Fsp3) is 0.294. The predicted octanol–water partition coefficient (Wildman–Crippen LogP) is 3.94. The van der Waals surface area contributed by atoms with Gasteiger partial charge in [-0.2, -0.15) is 0 Å². The van der Waals surface area contributed by atoms with Gasteiger partial charge in [-0.25, -0.2) is 4.98 Å². The van der Waals surface area contributed by atoms with Crippen molar-refractivity contribution >= 4 is 27.5 Å². The molecule has 3 nitrogen and oxygen atoms in total. The van der Waals surface area contributed by atoms with E-state index in [4.69, 9.17) is 0 Å². The molecule has 1 saturated heterocycles. The molecule has 3 rings (SSSR count). The van der Waals surface area contributed by atoms with Crippen LogP contribution in [0.3, 0.4) is 0 Å². The molecule has 2 heterocycles. The van der Waals surface area contributed by atoms with Crippen molar-refractivity contribution in [1.29, 1.82) is 0 Å². The molecule has 0 amide bonds. The quantitative estimate of drug-likeness (QED) is 0.790. The molecule has 0 radical (unpaired) electrons. The van der Waals surface area contributed by atoms with E-state index in [0.717, 1.165) is 41.8 Å². The second-order valence-corrected chi connectivity index (χ2v) is 6.24. The van der Waals surface area contributed by atoms with Crippen LogP contribution in [0.15, 0.2) is 53.1 Å². The number of aromatic nitrogens is 1. The first kappa shape index (κ1) is 14.3. The molecule has 0 spiro atoms. The molecule has 0 N–H and O–H groups in total. The number of rotatable bonds is 3. The molecular weight excluding hydrogens is 328 g/mol. The predicted molar refractivity (Wildman–Crippen MR) is 87.6 cm³/mol. The van der Waals surface area contributed by atoms with Gasteiger partial charge in [-0.3, -0.25) is 4.79 Å². The van der Waals surface area contributed by atoms with Gasteiger partial charge in [0.2, 0.25) is 0 Å². The van der Waals surface area contributed by atoms with Crippen molar-refractivity contribution in [2.45, 2.75) is 12.8 Å². The van der Waals surface area contributed by atoms with Crippen molar-refractivity contribution in [2.75, 3.05) is 18.0 Å². The summed E-state index contributed by atoms with van der Waals surface area (Å²) in [6, 6.07) is 13.6. The average molecular weight is 345 g/mol. The first-order valence-corrected chi connectivity index (χ1v) is 7.99. The molecule has 2 aromatic rings. The lowest BCUT2D eigenvalue weighted by molar-refractivity contribution is 0.0900. The smallest absolute Gasteiger partial charge is 0.166 e. The summed E-state index contributed by atoms with van der Waals surface area (Å²) < 4.78 is 1.00. The Balaban J connectivity index is 1.63. The third kappa shape index (κ3) is 3.32. The molecular formula is C17H17BrN2O. The molecule has 1 aliphatic heterocycles. The minimum atomic E-state index is 0.131. The summed E-state index contributed by atoms with van der Waals surface area (Å²) in [5, 5.41) is 0. The maximum absolute atomic E-state index is 12.5. The first-order chi connectivity index (χ1) is 10.2. The Labute approximate surface area is 133 Å². The highest BCUT2D eigenvalue weighted by Gasteiger charge is 2.26. The van der Waals surface area contributed by atoms with Crippen LogP contribution in [0.4, 0.5) is 5.82 Å². The van der Waals surface area contributed by atoms with Gasteiger partial charge >= 0.3 is 0 Å². The molecule has 1 aromatic heterocycles. The van der Waals surface area contributed by atoms with E-state index >= 15 is 0 Å². The highest BCUT2D eigenvalue weighted by molar-refractivity contribution is 9.10. The first-order valence-electron chi connectivity index (χ1n) is 7.20. The zero-order valence-corrected chi connectivity index (χ0v) is 13.3. The minimum absolute atomic E-state index is 0.131. The molecule has 1 aromatic carbocycles. The number of hydrogen-bond acceptors (Lipinski definition) is 3. The van der Waals surface area contributed by atoms with E-state index in [-0.39, 0.29) is 11.7 Å². The molecule has 0 atom stereocenters. The maximum Gasteiger partial charge on any atom is 0.166 e. The molecule has 0 saturated carbocycles. The zero-order valence-electron chi connectivity index (χ0n) is 11.7. The summed E-state index contributed by atoms with van der Waals surface area (Å²) in [7, 11) is 0. The van der Waals surface area contributed by atoms with Crippen molar-refractivity contribution in [3.05, 3.63) is 58.7 Å². The summed E-state index contributed by atoms with van der Waals surface area (Å²) in [5.74, 6) is 1.40. The Hall–Kier alpha value is -1.68. The zero-order chi connectivity index (χ0) is 14.7. The van der Waals surface area contributed by atoms with Crippen molar-refractivity contribution in [3.8, 4) is 0 Å². The van der Waals surface area contributed by atoms with Gasteiger partial charge in [0.1, 0.15) is 5.82 Å². The standard InChI is InChI=1S/C17H17BrN2O/c18-15-6-4-13(5-7-15)17(21)14-8-11-20(12-9-14)16-3-1-2-10-19-16/h1-7,10,14H,8-9,11-12H2. The molecule has 0 unspecified atom stereocenters. The number of halogens is 1. The van der Waals surface area contributed by atoms with E-state index < -0.39 is 0 Å². The topological polar surface area (TPSA) is 33.2 Å². The van der Waals surface area contributed by atoms with Gasteiger partial charge in [-0.1, -0.05) is 34.1 Å². The second kappa shape index (κ2) is 6.39. The summed E-state index contributed by atoms with van der Waals surface area (Å²) >= 11 is 3.40. The van der Waals surface area contributed by atoms with Crippen LogP contribution in [0.25, 0.3) is 0 Å². The molecule has 108 valence electrons. The third-order valence-corrected chi connectivity index (χ3v) is 4.50. The second-order valence-electron chi connectivity index (χ2n) is 5.32. The summed E-state index contributed by atoms with van der Waals surface area (Å²) in [5.41, 5.74) is 0.814. The number of benzene rings is 1. The van der Waals surface area contributed by atoms with Crippen molar-refractivity contribution in [2.24, 2.45) is 5.92 Å². The van der Waals surface area contributed by atoms with E-state index in [1.165, 1.54) is 0 Å². The van der Waals surface area contributed by atoms with Gasteiger partial charge < -0.3 is 4.90 Å². The van der Waals surface area contributed by atoms with Crippen molar-refractivity contribution in [1.82, 2.24) is 4.98 Å². The van der Waals surface area contributed by atoms with E-state index in [1.54, 1.807) is 0 Å². The highest BCUT2D eigenvalue weighted by Crippen LogP contribution is 2.25. The van der Waals surface area contributed by atoms with Crippen LogP contribution in [-0.2, 0) is 0 Å². The monoisotopic (exact) mass is 344 g/mol. The van der Waals surface area contributed by atoms with Gasteiger partial charge in [-0.05, 0) is 37.1 Å². The normalized spacial score (nSPS) is 16.0. The van der Waals surface area contributed by atoms with E-state index in [2.05, 4.69) is 25.8 Å². The van der Waals surface area contributed by atoms with Gasteiger partial charge in [0.15, 0.2) is 5.78 Å². The molecule has 1 fully saturated rings. The fourth-order valence-corrected chi connectivity index (χ4v) is 3.03. The maximum atomic E-state index is 12.5. The Bertz CT molecular complexity index is 604. The lowest BCUT2D eigenvalue weighted by atomic mass is 9.89. The summed E-state index contributed by atoms with van der Waals surface area (Å²) in [6.45, 7) is 1.79. The third-order valence-electron chi connectivity index (χ3n) is 3.97. The highest BCUT2D eigenvalue weighted by atomic mass is 79.9. The van der Waals surface area contributed by atoms with Crippen LogP contribution in [0.2, 0.25) is 0 Å². The number of Topliss-reactive ketones (excluding diaryl/α,β-unsaturated/α-hetero) is 1. The van der Waals surface area contributed by atoms with Crippen LogP contribution < -0.4 is 4.90 Å². The number of carbonyl (C=O) groups excluding carboxylic acids is 1.